The van der Waals surface area contributed by atoms with Crippen molar-refractivity contribution in [1.82, 2.24) is 18.8 Å². The van der Waals surface area contributed by atoms with Crippen LogP contribution < -0.4 is 4.74 Å². The number of fused-ring (bicyclic) bond motifs is 1. The van der Waals surface area contributed by atoms with Crippen LogP contribution in [0.15, 0.2) is 90.2 Å². The summed E-state index contributed by atoms with van der Waals surface area (Å²) in [5, 5.41) is 0.722. The predicted molar refractivity (Wildman–Crippen MR) is 164 cm³/mol. The number of piperidine rings is 1. The first kappa shape index (κ1) is 28.1. The third kappa shape index (κ3) is 5.55. The standard InChI is InChI=1S/C33H34N4O4S/c1-23-4-11-29(12-5-23)42(38,39)37-22-31(26-10-13-32(41-3)34-19-26)30-18-27(20-35-33(30)37)25-8-6-24(7-9-25)21-36-16-14-28(40-2)15-17-36/h4-13,18-20,22,28H,14-17,21H2,1-3H3. The fourth-order valence-corrected chi connectivity index (χ4v) is 6.82. The number of hydrogen-bond donors (Lipinski definition) is 0. The molecule has 0 amide bonds. The van der Waals surface area contributed by atoms with Crippen LogP contribution in [0.2, 0.25) is 0 Å². The Labute approximate surface area is 246 Å². The lowest BCUT2D eigenvalue weighted by Crippen LogP contribution is -2.36. The molecule has 4 heterocycles. The summed E-state index contributed by atoms with van der Waals surface area (Å²) < 4.78 is 39.5. The zero-order valence-corrected chi connectivity index (χ0v) is 24.8. The number of aryl methyl sites for hydroxylation is 1. The fourth-order valence-electron chi connectivity index (χ4n) is 5.50. The SMILES string of the molecule is COc1ccc(-c2cn(S(=O)(=O)c3ccc(C)cc3)c3ncc(-c4ccc(CN5CCC(OC)CC5)cc4)cc23)cn1. The summed E-state index contributed by atoms with van der Waals surface area (Å²) in [6.07, 6.45) is 7.55. The van der Waals surface area contributed by atoms with Gasteiger partial charge in [-0.15, -0.1) is 0 Å². The highest BCUT2D eigenvalue weighted by Crippen LogP contribution is 2.35. The molecule has 1 fully saturated rings. The lowest BCUT2D eigenvalue weighted by Gasteiger charge is -2.31. The highest BCUT2D eigenvalue weighted by Gasteiger charge is 2.24. The largest absolute Gasteiger partial charge is 0.481 e. The van der Waals surface area contributed by atoms with Crippen LogP contribution in [0.25, 0.3) is 33.3 Å². The Morgan fingerprint density at radius 2 is 1.55 bits per heavy atom. The monoisotopic (exact) mass is 582 g/mol. The third-order valence-electron chi connectivity index (χ3n) is 8.01. The lowest BCUT2D eigenvalue weighted by molar-refractivity contribution is 0.0389. The van der Waals surface area contributed by atoms with E-state index >= 15 is 0 Å². The molecule has 42 heavy (non-hydrogen) atoms. The second kappa shape index (κ2) is 11.7. The van der Waals surface area contributed by atoms with Gasteiger partial charge in [-0.3, -0.25) is 4.90 Å². The van der Waals surface area contributed by atoms with Crippen LogP contribution in [-0.2, 0) is 21.3 Å². The summed E-state index contributed by atoms with van der Waals surface area (Å²) in [5.74, 6) is 0.483. The van der Waals surface area contributed by atoms with Crippen molar-refractivity contribution < 1.29 is 17.9 Å². The van der Waals surface area contributed by atoms with E-state index in [4.69, 9.17) is 14.5 Å². The highest BCUT2D eigenvalue weighted by molar-refractivity contribution is 7.90. The Hall–Kier alpha value is -4.05. The van der Waals surface area contributed by atoms with Crippen LogP contribution in [0, 0.1) is 6.92 Å². The molecule has 8 nitrogen and oxygen atoms in total. The van der Waals surface area contributed by atoms with Gasteiger partial charge in [-0.05, 0) is 55.2 Å². The van der Waals surface area contributed by atoms with Crippen molar-refractivity contribution in [3.63, 3.8) is 0 Å². The molecule has 1 aliphatic heterocycles. The Morgan fingerprint density at radius 1 is 0.857 bits per heavy atom. The molecule has 1 aliphatic rings. The summed E-state index contributed by atoms with van der Waals surface area (Å²) in [4.78, 5) is 11.7. The quantitative estimate of drug-likeness (QED) is 0.224. The number of nitrogens with zero attached hydrogens (tertiary/aromatic N) is 4. The van der Waals surface area contributed by atoms with E-state index in [1.807, 2.05) is 19.1 Å². The number of benzene rings is 2. The molecule has 9 heteroatoms. The molecule has 5 aromatic rings. The molecular formula is C33H34N4O4S. The molecule has 3 aromatic heterocycles. The first-order valence-electron chi connectivity index (χ1n) is 14.0. The van der Waals surface area contributed by atoms with E-state index in [1.54, 1.807) is 63.1 Å². The number of aromatic nitrogens is 3. The molecule has 0 aliphatic carbocycles. The van der Waals surface area contributed by atoms with Crippen molar-refractivity contribution >= 4 is 21.1 Å². The van der Waals surface area contributed by atoms with Crippen molar-refractivity contribution in [1.29, 1.82) is 0 Å². The number of rotatable bonds is 8. The molecule has 0 spiro atoms. The van der Waals surface area contributed by atoms with Crippen molar-refractivity contribution in [2.75, 3.05) is 27.3 Å². The zero-order chi connectivity index (χ0) is 29.3. The first-order valence-corrected chi connectivity index (χ1v) is 15.5. The summed E-state index contributed by atoms with van der Waals surface area (Å²) in [6.45, 7) is 4.90. The average molecular weight is 583 g/mol. The molecule has 216 valence electrons. The molecule has 0 unspecified atom stereocenters. The topological polar surface area (TPSA) is 86.5 Å². The van der Waals surface area contributed by atoms with Gasteiger partial charge in [0, 0.05) is 73.5 Å². The van der Waals surface area contributed by atoms with E-state index in [2.05, 4.69) is 34.1 Å². The van der Waals surface area contributed by atoms with Crippen LogP contribution in [0.4, 0.5) is 0 Å². The van der Waals surface area contributed by atoms with Crippen molar-refractivity contribution in [3.8, 4) is 28.1 Å². The number of methoxy groups -OCH3 is 2. The molecule has 2 aromatic carbocycles. The van der Waals surface area contributed by atoms with Crippen LogP contribution in [0.5, 0.6) is 5.88 Å². The van der Waals surface area contributed by atoms with E-state index in [0.717, 1.165) is 65.7 Å². The molecule has 0 saturated carbocycles. The number of hydrogen-bond acceptors (Lipinski definition) is 7. The van der Waals surface area contributed by atoms with Crippen molar-refractivity contribution in [2.45, 2.75) is 37.3 Å². The number of pyridine rings is 2. The molecule has 1 saturated heterocycles. The fraction of sp³-hybridized carbons (Fsp3) is 0.273. The van der Waals surface area contributed by atoms with Gasteiger partial charge in [0.15, 0.2) is 5.65 Å². The number of likely N-dealkylation sites (tertiary alicyclic amines) is 1. The molecule has 0 N–H and O–H groups in total. The maximum atomic E-state index is 13.8. The smallest absolute Gasteiger partial charge is 0.269 e. The first-order chi connectivity index (χ1) is 20.4. The normalized spacial score (nSPS) is 14.8. The van der Waals surface area contributed by atoms with Crippen LogP contribution in [0.1, 0.15) is 24.0 Å². The molecule has 0 radical (unpaired) electrons. The van der Waals surface area contributed by atoms with Gasteiger partial charge in [0.05, 0.1) is 18.1 Å². The van der Waals surface area contributed by atoms with Gasteiger partial charge in [-0.1, -0.05) is 42.0 Å². The minimum Gasteiger partial charge on any atom is -0.481 e. The highest BCUT2D eigenvalue weighted by atomic mass is 32.2. The predicted octanol–water partition coefficient (Wildman–Crippen LogP) is 5.93. The van der Waals surface area contributed by atoms with E-state index in [9.17, 15) is 8.42 Å². The summed E-state index contributed by atoms with van der Waals surface area (Å²) >= 11 is 0. The van der Waals surface area contributed by atoms with Gasteiger partial charge in [0.25, 0.3) is 10.0 Å². The van der Waals surface area contributed by atoms with Crippen LogP contribution in [0.3, 0.4) is 0 Å². The summed E-state index contributed by atoms with van der Waals surface area (Å²) in [5.41, 5.74) is 6.01. The van der Waals surface area contributed by atoms with E-state index in [-0.39, 0.29) is 4.90 Å². The molecule has 0 bridgehead atoms. The van der Waals surface area contributed by atoms with Gasteiger partial charge < -0.3 is 9.47 Å². The van der Waals surface area contributed by atoms with Gasteiger partial charge in [-0.2, -0.15) is 0 Å². The maximum Gasteiger partial charge on any atom is 0.269 e. The van der Waals surface area contributed by atoms with Crippen LogP contribution >= 0.6 is 0 Å². The molecule has 6 rings (SSSR count). The van der Waals surface area contributed by atoms with Gasteiger partial charge in [0.1, 0.15) is 0 Å². The van der Waals surface area contributed by atoms with Gasteiger partial charge in [-0.25, -0.2) is 22.4 Å². The zero-order valence-electron chi connectivity index (χ0n) is 24.0. The third-order valence-corrected chi connectivity index (χ3v) is 9.67. The van der Waals surface area contributed by atoms with E-state index < -0.39 is 10.0 Å². The van der Waals surface area contributed by atoms with E-state index in [1.165, 1.54) is 9.54 Å². The Morgan fingerprint density at radius 3 is 2.19 bits per heavy atom. The van der Waals surface area contributed by atoms with Gasteiger partial charge in [0.2, 0.25) is 5.88 Å². The minimum atomic E-state index is -3.89. The molecule has 0 atom stereocenters. The summed E-state index contributed by atoms with van der Waals surface area (Å²) in [6, 6.07) is 21.0. The maximum absolute atomic E-state index is 13.8. The molecular weight excluding hydrogens is 548 g/mol. The minimum absolute atomic E-state index is 0.206. The number of ether oxygens (including phenoxy) is 2. The van der Waals surface area contributed by atoms with Crippen molar-refractivity contribution in [3.05, 3.63) is 96.4 Å². The Balaban J connectivity index is 1.37. The lowest BCUT2D eigenvalue weighted by atomic mass is 10.0. The van der Waals surface area contributed by atoms with E-state index in [0.29, 0.717) is 17.6 Å². The van der Waals surface area contributed by atoms with Crippen molar-refractivity contribution in [2.24, 2.45) is 0 Å². The second-order valence-corrected chi connectivity index (χ2v) is 12.6. The summed E-state index contributed by atoms with van der Waals surface area (Å²) in [7, 11) is -0.534. The average Bonchev–Trinajstić information content (AvgIpc) is 3.42. The second-order valence-electron chi connectivity index (χ2n) is 10.7. The Bertz CT molecular complexity index is 1790. The van der Waals surface area contributed by atoms with Crippen LogP contribution in [-0.4, -0.2) is 60.7 Å². The Kier molecular flexibility index (Phi) is 7.81. The van der Waals surface area contributed by atoms with Gasteiger partial charge >= 0.3 is 0 Å².